The van der Waals surface area contributed by atoms with E-state index in [1.165, 1.54) is 25.9 Å². The first kappa shape index (κ1) is 23.5. The number of anilines is 2. The minimum absolute atomic E-state index is 0.470. The number of nitrogens with zero attached hydrogens (tertiary/aromatic N) is 2. The van der Waals surface area contributed by atoms with E-state index in [2.05, 4.69) is 34.5 Å². The Balaban J connectivity index is 1.37. The van der Waals surface area contributed by atoms with Crippen LogP contribution in [0.5, 0.6) is 5.75 Å². The highest BCUT2D eigenvalue weighted by atomic mass is 16.5. The molecule has 1 fully saturated rings. The van der Waals surface area contributed by atoms with Gasteiger partial charge in [-0.3, -0.25) is 4.90 Å². The molecule has 2 aliphatic rings. The summed E-state index contributed by atoms with van der Waals surface area (Å²) in [7, 11) is 0. The van der Waals surface area contributed by atoms with Gasteiger partial charge in [-0.05, 0) is 67.9 Å². The van der Waals surface area contributed by atoms with Gasteiger partial charge in [-0.1, -0.05) is 36.4 Å². The molecule has 2 aromatic carbocycles. The maximum atomic E-state index is 6.18. The van der Waals surface area contributed by atoms with E-state index in [9.17, 15) is 0 Å². The fraction of sp³-hybridized carbons (Fsp3) is 0.345. The monoisotopic (exact) mass is 471 g/mol. The largest absolute Gasteiger partial charge is 0.492 e. The molecule has 3 aromatic rings. The van der Waals surface area contributed by atoms with Crippen molar-refractivity contribution >= 4 is 11.5 Å². The number of ether oxygens (including phenoxy) is 3. The van der Waals surface area contributed by atoms with Gasteiger partial charge in [-0.25, -0.2) is 4.98 Å². The van der Waals surface area contributed by atoms with E-state index in [4.69, 9.17) is 19.2 Å². The number of likely N-dealkylation sites (tertiary alicyclic amines) is 1. The van der Waals surface area contributed by atoms with Crippen molar-refractivity contribution in [3.05, 3.63) is 83.9 Å². The number of benzene rings is 2. The van der Waals surface area contributed by atoms with E-state index < -0.39 is 0 Å². The summed E-state index contributed by atoms with van der Waals surface area (Å²) in [5.74, 6) is 1.66. The number of hydrogen-bond acceptors (Lipinski definition) is 6. The van der Waals surface area contributed by atoms with Crippen LogP contribution in [0.15, 0.2) is 72.8 Å². The Labute approximate surface area is 207 Å². The predicted octanol–water partition coefficient (Wildman–Crippen LogP) is 5.57. The average Bonchev–Trinajstić information content (AvgIpc) is 3.40. The predicted molar refractivity (Wildman–Crippen MR) is 139 cm³/mol. The second kappa shape index (κ2) is 12.0. The third-order valence-corrected chi connectivity index (χ3v) is 6.29. The third kappa shape index (κ3) is 6.69. The SMILES string of the molecule is C1=CCOCc2cc(ccc2OCCN2CCCC2)Nc2cccc(n2)-c2cccc(c2)COC1. The first-order valence-corrected chi connectivity index (χ1v) is 12.5. The second-order valence-electron chi connectivity index (χ2n) is 8.95. The summed E-state index contributed by atoms with van der Waals surface area (Å²) >= 11 is 0. The van der Waals surface area contributed by atoms with Gasteiger partial charge < -0.3 is 19.5 Å². The molecule has 3 heterocycles. The van der Waals surface area contributed by atoms with Crippen LogP contribution in [0.2, 0.25) is 0 Å². The highest BCUT2D eigenvalue weighted by Crippen LogP contribution is 2.27. The topological polar surface area (TPSA) is 55.9 Å². The van der Waals surface area contributed by atoms with Gasteiger partial charge in [0.15, 0.2) is 0 Å². The fourth-order valence-electron chi connectivity index (χ4n) is 4.45. The Bertz CT molecular complexity index is 1140. The van der Waals surface area contributed by atoms with Crippen LogP contribution < -0.4 is 10.1 Å². The van der Waals surface area contributed by atoms with Gasteiger partial charge in [0.2, 0.25) is 0 Å². The quantitative estimate of drug-likeness (QED) is 0.502. The van der Waals surface area contributed by atoms with Crippen molar-refractivity contribution in [3.63, 3.8) is 0 Å². The van der Waals surface area contributed by atoms with Crippen molar-refractivity contribution in [2.24, 2.45) is 0 Å². The molecule has 0 radical (unpaired) electrons. The van der Waals surface area contributed by atoms with E-state index in [0.29, 0.717) is 33.0 Å². The van der Waals surface area contributed by atoms with Gasteiger partial charge in [-0.2, -0.15) is 0 Å². The summed E-state index contributed by atoms with van der Waals surface area (Å²) in [5.41, 5.74) is 5.09. The molecule has 0 saturated carbocycles. The maximum Gasteiger partial charge on any atom is 0.131 e. The van der Waals surface area contributed by atoms with Crippen LogP contribution in [0.25, 0.3) is 11.3 Å². The van der Waals surface area contributed by atoms with E-state index in [1.807, 2.05) is 48.6 Å². The van der Waals surface area contributed by atoms with Gasteiger partial charge in [0.05, 0.1) is 32.1 Å². The average molecular weight is 472 g/mol. The van der Waals surface area contributed by atoms with Crippen molar-refractivity contribution in [3.8, 4) is 17.0 Å². The summed E-state index contributed by atoms with van der Waals surface area (Å²) in [5, 5.41) is 3.45. The lowest BCUT2D eigenvalue weighted by atomic mass is 10.1. The van der Waals surface area contributed by atoms with Crippen LogP contribution in [0.1, 0.15) is 24.0 Å². The Kier molecular flexibility index (Phi) is 8.06. The zero-order chi connectivity index (χ0) is 23.7. The molecule has 6 bridgehead atoms. The summed E-state index contributed by atoms with van der Waals surface area (Å²) in [4.78, 5) is 7.31. The van der Waals surface area contributed by atoms with Crippen molar-refractivity contribution in [2.75, 3.05) is 44.8 Å². The summed E-state index contributed by atoms with van der Waals surface area (Å²) in [6, 6.07) is 20.5. The minimum atomic E-state index is 0.470. The molecule has 0 spiro atoms. The molecule has 0 unspecified atom stereocenters. The van der Waals surface area contributed by atoms with Crippen LogP contribution in [-0.4, -0.2) is 49.3 Å². The van der Waals surface area contributed by atoms with Crippen LogP contribution in [0.4, 0.5) is 11.5 Å². The number of rotatable bonds is 4. The number of hydrogen-bond donors (Lipinski definition) is 1. The molecular formula is C29H33N3O3. The smallest absolute Gasteiger partial charge is 0.131 e. The van der Waals surface area contributed by atoms with Crippen molar-refractivity contribution < 1.29 is 14.2 Å². The van der Waals surface area contributed by atoms with Gasteiger partial charge in [0, 0.05) is 23.4 Å². The van der Waals surface area contributed by atoms with Gasteiger partial charge in [-0.15, -0.1) is 0 Å². The first-order valence-electron chi connectivity index (χ1n) is 12.5. The number of pyridine rings is 1. The molecule has 0 aliphatic carbocycles. The second-order valence-corrected chi connectivity index (χ2v) is 8.95. The maximum absolute atomic E-state index is 6.18. The molecule has 0 amide bonds. The molecule has 6 nitrogen and oxygen atoms in total. The molecular weight excluding hydrogens is 438 g/mol. The van der Waals surface area contributed by atoms with Crippen LogP contribution in [0.3, 0.4) is 0 Å². The Morgan fingerprint density at radius 2 is 1.71 bits per heavy atom. The molecule has 5 rings (SSSR count). The lowest BCUT2D eigenvalue weighted by molar-refractivity contribution is 0.138. The molecule has 6 heteroatoms. The van der Waals surface area contributed by atoms with E-state index >= 15 is 0 Å². The van der Waals surface area contributed by atoms with Crippen molar-refractivity contribution in [1.29, 1.82) is 0 Å². The van der Waals surface area contributed by atoms with E-state index in [-0.39, 0.29) is 0 Å². The molecule has 0 atom stereocenters. The fourth-order valence-corrected chi connectivity index (χ4v) is 4.45. The summed E-state index contributed by atoms with van der Waals surface area (Å²) in [6.07, 6.45) is 6.59. The Hall–Kier alpha value is -3.19. The lowest BCUT2D eigenvalue weighted by Gasteiger charge is -2.17. The molecule has 35 heavy (non-hydrogen) atoms. The first-order chi connectivity index (χ1) is 17.3. The zero-order valence-electron chi connectivity index (χ0n) is 20.1. The Morgan fingerprint density at radius 1 is 0.886 bits per heavy atom. The van der Waals surface area contributed by atoms with Crippen LogP contribution in [0, 0.1) is 0 Å². The standard InChI is InChI=1S/C29H33N3O3/c1-2-14-32(13-1)15-18-35-28-12-11-26-20-25(28)22-34-17-4-3-16-33-21-23-7-5-8-24(19-23)27-9-6-10-29(30-26)31-27/h3-12,19-20H,1-2,13-18,21-22H2,(H,30,31). The Morgan fingerprint density at radius 3 is 2.60 bits per heavy atom. The highest BCUT2D eigenvalue weighted by molar-refractivity contribution is 5.65. The molecule has 1 aromatic heterocycles. The molecule has 2 aliphatic heterocycles. The normalized spacial score (nSPS) is 16.8. The van der Waals surface area contributed by atoms with E-state index in [0.717, 1.165) is 46.2 Å². The highest BCUT2D eigenvalue weighted by Gasteiger charge is 2.12. The molecule has 1 saturated heterocycles. The third-order valence-electron chi connectivity index (χ3n) is 6.29. The summed E-state index contributed by atoms with van der Waals surface area (Å²) < 4.78 is 17.9. The van der Waals surface area contributed by atoms with Gasteiger partial charge in [0.1, 0.15) is 18.2 Å². The van der Waals surface area contributed by atoms with Crippen molar-refractivity contribution in [1.82, 2.24) is 9.88 Å². The molecule has 1 N–H and O–H groups in total. The number of aromatic nitrogens is 1. The van der Waals surface area contributed by atoms with Gasteiger partial charge in [0.25, 0.3) is 0 Å². The van der Waals surface area contributed by atoms with Crippen LogP contribution in [-0.2, 0) is 22.7 Å². The van der Waals surface area contributed by atoms with E-state index in [1.54, 1.807) is 0 Å². The minimum Gasteiger partial charge on any atom is -0.492 e. The molecule has 182 valence electrons. The zero-order valence-corrected chi connectivity index (χ0v) is 20.1. The van der Waals surface area contributed by atoms with Gasteiger partial charge >= 0.3 is 0 Å². The number of fused-ring (bicyclic) bond motifs is 7. The van der Waals surface area contributed by atoms with Crippen molar-refractivity contribution in [2.45, 2.75) is 26.1 Å². The number of nitrogens with one attached hydrogen (secondary N) is 1. The lowest BCUT2D eigenvalue weighted by Crippen LogP contribution is -2.25. The van der Waals surface area contributed by atoms with Crippen LogP contribution >= 0.6 is 0 Å². The summed E-state index contributed by atoms with van der Waals surface area (Å²) in [6.45, 7) is 6.08.